The lowest BCUT2D eigenvalue weighted by atomic mass is 9.99. The molecule has 1 aromatic carbocycles. The number of aliphatic hydroxyl groups is 1. The van der Waals surface area contributed by atoms with Crippen molar-refractivity contribution in [2.75, 3.05) is 5.32 Å². The molecule has 3 heterocycles. The summed E-state index contributed by atoms with van der Waals surface area (Å²) in [6, 6.07) is 9.72. The lowest BCUT2D eigenvalue weighted by Crippen LogP contribution is -2.15. The number of halogens is 1. The van der Waals surface area contributed by atoms with Crippen LogP contribution >= 0.6 is 0 Å². The summed E-state index contributed by atoms with van der Waals surface area (Å²) in [6.07, 6.45) is 4.72. The van der Waals surface area contributed by atoms with Crippen LogP contribution in [0, 0.1) is 5.92 Å². The SMILES string of the molecule is O=C(Nc1cn2cc(-c3cc4[nH]ccc4cc3CO)ccc2n1)C1CC1F. The summed E-state index contributed by atoms with van der Waals surface area (Å²) >= 11 is 0. The first-order chi connectivity index (χ1) is 13.1. The number of amides is 1. The molecule has 0 spiro atoms. The fraction of sp³-hybridized carbons (Fsp3) is 0.200. The molecule has 0 radical (unpaired) electrons. The van der Waals surface area contributed by atoms with Gasteiger partial charge in [-0.3, -0.25) is 4.79 Å². The molecule has 27 heavy (non-hydrogen) atoms. The van der Waals surface area contributed by atoms with Crippen molar-refractivity contribution in [2.24, 2.45) is 5.92 Å². The highest BCUT2D eigenvalue weighted by Crippen LogP contribution is 2.34. The number of imidazole rings is 1. The molecule has 6 nitrogen and oxygen atoms in total. The van der Waals surface area contributed by atoms with Crippen LogP contribution in [-0.2, 0) is 11.4 Å². The first-order valence-corrected chi connectivity index (χ1v) is 8.77. The molecule has 1 saturated carbocycles. The predicted octanol–water partition coefficient (Wildman–Crippen LogP) is 3.27. The van der Waals surface area contributed by atoms with Crippen LogP contribution in [0.4, 0.5) is 10.2 Å². The summed E-state index contributed by atoms with van der Waals surface area (Å²) in [6.45, 7) is -0.0640. The maximum absolute atomic E-state index is 13.0. The average Bonchev–Trinajstić information content (AvgIpc) is 3.06. The van der Waals surface area contributed by atoms with Gasteiger partial charge in [-0.05, 0) is 58.8 Å². The number of fused-ring (bicyclic) bond motifs is 2. The minimum atomic E-state index is -1.03. The van der Waals surface area contributed by atoms with Crippen molar-refractivity contribution in [3.8, 4) is 11.1 Å². The molecule has 2 atom stereocenters. The Balaban J connectivity index is 1.52. The summed E-state index contributed by atoms with van der Waals surface area (Å²) in [5.41, 5.74) is 4.34. The van der Waals surface area contributed by atoms with E-state index in [-0.39, 0.29) is 18.9 Å². The number of aromatic nitrogens is 3. The minimum absolute atomic E-state index is 0.0640. The van der Waals surface area contributed by atoms with E-state index >= 15 is 0 Å². The van der Waals surface area contributed by atoms with Crippen LogP contribution in [-0.4, -0.2) is 31.6 Å². The average molecular weight is 364 g/mol. The third-order valence-electron chi connectivity index (χ3n) is 5.01. The largest absolute Gasteiger partial charge is 0.392 e. The summed E-state index contributed by atoms with van der Waals surface area (Å²) in [5.74, 6) is -0.477. The van der Waals surface area contributed by atoms with Crippen LogP contribution in [0.5, 0.6) is 0 Å². The summed E-state index contributed by atoms with van der Waals surface area (Å²) in [4.78, 5) is 19.4. The molecule has 3 aromatic heterocycles. The Hall–Kier alpha value is -3.19. The molecule has 3 N–H and O–H groups in total. The van der Waals surface area contributed by atoms with E-state index in [2.05, 4.69) is 15.3 Å². The molecule has 1 aliphatic rings. The Morgan fingerprint density at radius 2 is 2.19 bits per heavy atom. The first-order valence-electron chi connectivity index (χ1n) is 8.77. The smallest absolute Gasteiger partial charge is 0.231 e. The van der Waals surface area contributed by atoms with E-state index in [4.69, 9.17) is 0 Å². The van der Waals surface area contributed by atoms with Crippen LogP contribution in [0.25, 0.3) is 27.7 Å². The number of carbonyl (C=O) groups is 1. The molecule has 1 amide bonds. The summed E-state index contributed by atoms with van der Waals surface area (Å²) in [5, 5.41) is 13.5. The van der Waals surface area contributed by atoms with Crippen molar-refractivity contribution in [3.63, 3.8) is 0 Å². The van der Waals surface area contributed by atoms with Crippen molar-refractivity contribution < 1.29 is 14.3 Å². The number of aromatic amines is 1. The zero-order valence-corrected chi connectivity index (χ0v) is 14.3. The summed E-state index contributed by atoms with van der Waals surface area (Å²) < 4.78 is 14.8. The highest BCUT2D eigenvalue weighted by atomic mass is 19.1. The van der Waals surface area contributed by atoms with Crippen LogP contribution in [0.2, 0.25) is 0 Å². The second-order valence-electron chi connectivity index (χ2n) is 6.89. The number of nitrogens with zero attached hydrogens (tertiary/aromatic N) is 2. The fourth-order valence-electron chi connectivity index (χ4n) is 3.41. The van der Waals surface area contributed by atoms with Crippen molar-refractivity contribution in [3.05, 3.63) is 54.5 Å². The van der Waals surface area contributed by atoms with Gasteiger partial charge in [-0.1, -0.05) is 0 Å². The van der Waals surface area contributed by atoms with E-state index in [0.29, 0.717) is 11.5 Å². The molecule has 7 heteroatoms. The number of carbonyl (C=O) groups excluding carboxylic acids is 1. The Kier molecular flexibility index (Phi) is 3.51. The molecule has 4 aromatic rings. The number of anilines is 1. The van der Waals surface area contributed by atoms with Crippen molar-refractivity contribution in [1.82, 2.24) is 14.4 Å². The third-order valence-corrected chi connectivity index (χ3v) is 5.01. The molecule has 0 saturated heterocycles. The molecule has 5 rings (SSSR count). The third kappa shape index (κ3) is 2.76. The lowest BCUT2D eigenvalue weighted by Gasteiger charge is -2.09. The van der Waals surface area contributed by atoms with Gasteiger partial charge in [0.05, 0.1) is 18.7 Å². The maximum atomic E-state index is 13.0. The van der Waals surface area contributed by atoms with Gasteiger partial charge < -0.3 is 19.8 Å². The first kappa shape index (κ1) is 16.0. The zero-order valence-electron chi connectivity index (χ0n) is 14.3. The van der Waals surface area contributed by atoms with E-state index in [1.165, 1.54) is 0 Å². The van der Waals surface area contributed by atoms with Gasteiger partial charge >= 0.3 is 0 Å². The van der Waals surface area contributed by atoms with Crippen molar-refractivity contribution in [1.29, 1.82) is 0 Å². The zero-order chi connectivity index (χ0) is 18.5. The highest BCUT2D eigenvalue weighted by molar-refractivity contribution is 5.94. The van der Waals surface area contributed by atoms with E-state index in [9.17, 15) is 14.3 Å². The molecule has 2 unspecified atom stereocenters. The maximum Gasteiger partial charge on any atom is 0.231 e. The van der Waals surface area contributed by atoms with Crippen LogP contribution in [0.3, 0.4) is 0 Å². The number of alkyl halides is 1. The fourth-order valence-corrected chi connectivity index (χ4v) is 3.41. The number of hydrogen-bond acceptors (Lipinski definition) is 3. The van der Waals surface area contributed by atoms with E-state index in [1.54, 1.807) is 6.20 Å². The molecule has 0 aliphatic heterocycles. The van der Waals surface area contributed by atoms with Crippen molar-refractivity contribution >= 4 is 28.3 Å². The number of pyridine rings is 1. The van der Waals surface area contributed by atoms with Gasteiger partial charge in [-0.15, -0.1) is 0 Å². The Labute approximate surface area is 153 Å². The quantitative estimate of drug-likeness (QED) is 0.520. The number of aliphatic hydroxyl groups excluding tert-OH is 1. The van der Waals surface area contributed by atoms with Gasteiger partial charge in [-0.2, -0.15) is 0 Å². The molecular weight excluding hydrogens is 347 g/mol. The Bertz CT molecular complexity index is 1180. The van der Waals surface area contributed by atoms with Gasteiger partial charge in [0.25, 0.3) is 0 Å². The predicted molar refractivity (Wildman–Crippen MR) is 100 cm³/mol. The van der Waals surface area contributed by atoms with Gasteiger partial charge in [-0.25, -0.2) is 9.37 Å². The number of benzene rings is 1. The second kappa shape index (κ2) is 5.92. The molecule has 1 aliphatic carbocycles. The highest BCUT2D eigenvalue weighted by Gasteiger charge is 2.43. The van der Waals surface area contributed by atoms with E-state index in [0.717, 1.165) is 27.6 Å². The van der Waals surface area contributed by atoms with Crippen molar-refractivity contribution in [2.45, 2.75) is 19.2 Å². The van der Waals surface area contributed by atoms with Gasteiger partial charge in [0.2, 0.25) is 5.91 Å². The molecule has 0 bridgehead atoms. The number of nitrogens with one attached hydrogen (secondary N) is 2. The second-order valence-corrected chi connectivity index (χ2v) is 6.89. The number of rotatable bonds is 4. The number of hydrogen-bond donors (Lipinski definition) is 3. The lowest BCUT2D eigenvalue weighted by molar-refractivity contribution is -0.117. The topological polar surface area (TPSA) is 82.4 Å². The van der Waals surface area contributed by atoms with Gasteiger partial charge in [0, 0.05) is 17.9 Å². The van der Waals surface area contributed by atoms with Crippen LogP contribution in [0.15, 0.2) is 48.9 Å². The normalized spacial score (nSPS) is 18.9. The molecular formula is C20H17FN4O2. The standard InChI is InChI=1S/C20H17FN4O2/c21-16-6-15(16)20(27)24-18-9-25-8-12(1-2-19(25)23-18)14-7-17-11(3-4-22-17)5-13(14)10-26/h1-5,7-9,15-16,22,26H,6,10H2,(H,24,27). The van der Waals surface area contributed by atoms with E-state index < -0.39 is 12.1 Å². The van der Waals surface area contributed by atoms with E-state index in [1.807, 2.05) is 47.1 Å². The van der Waals surface area contributed by atoms with Gasteiger partial charge in [0.1, 0.15) is 11.8 Å². The minimum Gasteiger partial charge on any atom is -0.392 e. The van der Waals surface area contributed by atoms with Gasteiger partial charge in [0.15, 0.2) is 5.82 Å². The Morgan fingerprint density at radius 1 is 1.33 bits per heavy atom. The number of H-pyrrole nitrogens is 1. The molecule has 136 valence electrons. The summed E-state index contributed by atoms with van der Waals surface area (Å²) in [7, 11) is 0. The van der Waals surface area contributed by atoms with Crippen LogP contribution < -0.4 is 5.32 Å². The van der Waals surface area contributed by atoms with Crippen LogP contribution in [0.1, 0.15) is 12.0 Å². The molecule has 1 fully saturated rings. The Morgan fingerprint density at radius 3 is 2.96 bits per heavy atom. The monoisotopic (exact) mass is 364 g/mol.